The van der Waals surface area contributed by atoms with Gasteiger partial charge in [0, 0.05) is 49.5 Å². The van der Waals surface area contributed by atoms with E-state index in [4.69, 9.17) is 16.6 Å². The summed E-state index contributed by atoms with van der Waals surface area (Å²) in [6, 6.07) is 9.31. The molecule has 0 saturated carbocycles. The largest absolute Gasteiger partial charge is 0.341 e. The summed E-state index contributed by atoms with van der Waals surface area (Å²) < 4.78 is 25.8. The lowest BCUT2D eigenvalue weighted by Gasteiger charge is -2.32. The van der Waals surface area contributed by atoms with E-state index in [0.29, 0.717) is 17.5 Å². The highest BCUT2D eigenvalue weighted by Gasteiger charge is 2.22. The highest BCUT2D eigenvalue weighted by atomic mass is 35.5. The lowest BCUT2D eigenvalue weighted by molar-refractivity contribution is 0.498. The fourth-order valence-electron chi connectivity index (χ4n) is 4.67. The molecule has 0 N–H and O–H groups in total. The number of sulfone groups is 1. The number of nitrogens with zero attached hydrogens (tertiary/aromatic N) is 5. The minimum Gasteiger partial charge on any atom is -0.341 e. The van der Waals surface area contributed by atoms with Crippen molar-refractivity contribution in [1.82, 2.24) is 19.5 Å². The van der Waals surface area contributed by atoms with E-state index in [-0.39, 0.29) is 4.90 Å². The van der Waals surface area contributed by atoms with Gasteiger partial charge in [0.1, 0.15) is 0 Å². The van der Waals surface area contributed by atoms with E-state index >= 15 is 0 Å². The van der Waals surface area contributed by atoms with Crippen molar-refractivity contribution in [1.29, 1.82) is 0 Å². The van der Waals surface area contributed by atoms with Crippen LogP contribution in [0, 0.1) is 0 Å². The highest BCUT2D eigenvalue weighted by molar-refractivity contribution is 7.90. The average molecular weight is 510 g/mol. The van der Waals surface area contributed by atoms with Gasteiger partial charge in [0.25, 0.3) is 0 Å². The number of benzene rings is 1. The Bertz CT molecular complexity index is 1440. The van der Waals surface area contributed by atoms with Gasteiger partial charge >= 0.3 is 0 Å². The SMILES string of the molecule is CCc1cnc(N2CCC(c3ccc(Cn4ccc5cc(S(C)(=O)=O)cc(Cl)c54)nc3)CC2)nc1. The molecule has 0 spiro atoms. The van der Waals surface area contributed by atoms with Gasteiger partial charge in [-0.3, -0.25) is 4.98 Å². The van der Waals surface area contributed by atoms with Gasteiger partial charge in [-0.1, -0.05) is 24.6 Å². The van der Waals surface area contributed by atoms with Gasteiger partial charge in [-0.05, 0) is 60.6 Å². The number of fused-ring (bicyclic) bond motifs is 1. The molecule has 0 amide bonds. The number of halogens is 1. The van der Waals surface area contributed by atoms with Crippen LogP contribution in [-0.4, -0.2) is 47.3 Å². The molecule has 1 fully saturated rings. The first-order valence-electron chi connectivity index (χ1n) is 11.8. The van der Waals surface area contributed by atoms with Crippen LogP contribution in [0.1, 0.15) is 42.5 Å². The molecular weight excluding hydrogens is 482 g/mol. The molecule has 9 heteroatoms. The van der Waals surface area contributed by atoms with Gasteiger partial charge in [0.05, 0.1) is 27.7 Å². The Labute approximate surface area is 210 Å². The molecule has 1 aliphatic rings. The number of aromatic nitrogens is 4. The zero-order valence-electron chi connectivity index (χ0n) is 19.9. The molecule has 5 rings (SSSR count). The van der Waals surface area contributed by atoms with E-state index in [9.17, 15) is 8.42 Å². The van der Waals surface area contributed by atoms with Gasteiger partial charge in [-0.2, -0.15) is 0 Å². The monoisotopic (exact) mass is 509 g/mol. The van der Waals surface area contributed by atoms with Gasteiger partial charge < -0.3 is 9.47 Å². The van der Waals surface area contributed by atoms with E-state index in [0.717, 1.165) is 60.5 Å². The van der Waals surface area contributed by atoms with Crippen molar-refractivity contribution in [2.75, 3.05) is 24.2 Å². The van der Waals surface area contributed by atoms with Gasteiger partial charge in [-0.15, -0.1) is 0 Å². The van der Waals surface area contributed by atoms with Crippen LogP contribution in [0.3, 0.4) is 0 Å². The smallest absolute Gasteiger partial charge is 0.225 e. The first-order valence-corrected chi connectivity index (χ1v) is 14.1. The summed E-state index contributed by atoms with van der Waals surface area (Å²) in [5.41, 5.74) is 4.15. The Morgan fingerprint density at radius 3 is 2.40 bits per heavy atom. The molecule has 1 aliphatic heterocycles. The molecule has 0 atom stereocenters. The summed E-state index contributed by atoms with van der Waals surface area (Å²) >= 11 is 6.46. The van der Waals surface area contributed by atoms with E-state index in [2.05, 4.69) is 33.9 Å². The lowest BCUT2D eigenvalue weighted by Crippen LogP contribution is -2.34. The number of hydrogen-bond acceptors (Lipinski definition) is 6. The van der Waals surface area contributed by atoms with Crippen LogP contribution in [-0.2, 0) is 22.8 Å². The van der Waals surface area contributed by atoms with Crippen LogP contribution in [0.15, 0.2) is 60.0 Å². The third kappa shape index (κ3) is 5.04. The Balaban J connectivity index is 1.25. The molecule has 4 heterocycles. The summed E-state index contributed by atoms with van der Waals surface area (Å²) in [5.74, 6) is 1.29. The van der Waals surface area contributed by atoms with E-state index < -0.39 is 9.84 Å². The minimum atomic E-state index is -3.32. The van der Waals surface area contributed by atoms with Crippen molar-refractivity contribution >= 4 is 38.3 Å². The molecule has 35 heavy (non-hydrogen) atoms. The van der Waals surface area contributed by atoms with E-state index in [1.807, 2.05) is 35.4 Å². The van der Waals surface area contributed by atoms with E-state index in [1.54, 1.807) is 6.07 Å². The lowest BCUT2D eigenvalue weighted by atomic mass is 9.90. The summed E-state index contributed by atoms with van der Waals surface area (Å²) in [6.45, 7) is 4.53. The number of anilines is 1. The second kappa shape index (κ2) is 9.59. The molecule has 182 valence electrons. The Hall–Kier alpha value is -2.97. The van der Waals surface area contributed by atoms with Crippen molar-refractivity contribution in [3.8, 4) is 0 Å². The Kier molecular flexibility index (Phi) is 6.51. The first kappa shape index (κ1) is 23.8. The standard InChI is InChI=1S/C26H28ClN5O2S/c1-3-18-14-29-26(30-15-18)31-9-6-19(7-10-31)21-4-5-22(28-16-21)17-32-11-8-20-12-23(35(2,33)34)13-24(27)25(20)32/h4-5,8,11-16,19H,3,6-7,9-10,17H2,1-2H3. The maximum atomic E-state index is 11.9. The number of aryl methyl sites for hydroxylation is 1. The normalized spacial score (nSPS) is 15.1. The van der Waals surface area contributed by atoms with Crippen LogP contribution >= 0.6 is 11.6 Å². The summed E-state index contributed by atoms with van der Waals surface area (Å²) in [4.78, 5) is 16.3. The summed E-state index contributed by atoms with van der Waals surface area (Å²) in [6.07, 6.45) is 12.0. The predicted octanol–water partition coefficient (Wildman–Crippen LogP) is 4.88. The van der Waals surface area contributed by atoms with Crippen LogP contribution in [0.25, 0.3) is 10.9 Å². The Morgan fingerprint density at radius 1 is 1.03 bits per heavy atom. The molecule has 3 aromatic heterocycles. The molecule has 0 unspecified atom stereocenters. The second-order valence-electron chi connectivity index (χ2n) is 9.15. The maximum absolute atomic E-state index is 11.9. The van der Waals surface area contributed by atoms with Crippen molar-refractivity contribution < 1.29 is 8.42 Å². The van der Waals surface area contributed by atoms with Crippen LogP contribution in [0.5, 0.6) is 0 Å². The molecule has 7 nitrogen and oxygen atoms in total. The predicted molar refractivity (Wildman–Crippen MR) is 139 cm³/mol. The summed E-state index contributed by atoms with van der Waals surface area (Å²) in [7, 11) is -3.32. The number of hydrogen-bond donors (Lipinski definition) is 0. The van der Waals surface area contributed by atoms with Crippen molar-refractivity contribution in [2.45, 2.75) is 43.5 Å². The molecule has 0 aliphatic carbocycles. The molecule has 1 aromatic carbocycles. The number of piperidine rings is 1. The van der Waals surface area contributed by atoms with Crippen LogP contribution in [0.4, 0.5) is 5.95 Å². The van der Waals surface area contributed by atoms with Crippen LogP contribution < -0.4 is 4.90 Å². The summed E-state index contributed by atoms with van der Waals surface area (Å²) in [5, 5.41) is 1.22. The first-order chi connectivity index (χ1) is 16.8. The van der Waals surface area contributed by atoms with Crippen LogP contribution in [0.2, 0.25) is 5.02 Å². The topological polar surface area (TPSA) is 81.0 Å². The third-order valence-electron chi connectivity index (χ3n) is 6.74. The van der Waals surface area contributed by atoms with Gasteiger partial charge in [-0.25, -0.2) is 18.4 Å². The fraction of sp³-hybridized carbons (Fsp3) is 0.346. The minimum absolute atomic E-state index is 0.228. The van der Waals surface area contributed by atoms with Crippen molar-refractivity contribution in [3.05, 3.63) is 77.0 Å². The van der Waals surface area contributed by atoms with Gasteiger partial charge in [0.15, 0.2) is 9.84 Å². The van der Waals surface area contributed by atoms with Crippen molar-refractivity contribution in [2.24, 2.45) is 0 Å². The van der Waals surface area contributed by atoms with Gasteiger partial charge in [0.2, 0.25) is 5.95 Å². The number of pyridine rings is 1. The molecule has 0 radical (unpaired) electrons. The molecule has 4 aromatic rings. The highest BCUT2D eigenvalue weighted by Crippen LogP contribution is 2.31. The third-order valence-corrected chi connectivity index (χ3v) is 8.13. The quantitative estimate of drug-likeness (QED) is 0.368. The zero-order chi connectivity index (χ0) is 24.6. The Morgan fingerprint density at radius 2 is 1.77 bits per heavy atom. The second-order valence-corrected chi connectivity index (χ2v) is 11.6. The zero-order valence-corrected chi connectivity index (χ0v) is 21.4. The van der Waals surface area contributed by atoms with E-state index in [1.165, 1.54) is 17.9 Å². The molecule has 0 bridgehead atoms. The average Bonchev–Trinajstić information content (AvgIpc) is 3.27. The molecular formula is C26H28ClN5O2S. The maximum Gasteiger partial charge on any atom is 0.225 e. The number of rotatable bonds is 6. The fourth-order valence-corrected chi connectivity index (χ4v) is 5.74. The molecule has 1 saturated heterocycles. The van der Waals surface area contributed by atoms with Crippen molar-refractivity contribution in [3.63, 3.8) is 0 Å².